The number of hydrogen-bond acceptors (Lipinski definition) is 3. The molecular formula is C17H13BrO3. The summed E-state index contributed by atoms with van der Waals surface area (Å²) >= 11 is 3.35. The quantitative estimate of drug-likeness (QED) is 0.360. The molecule has 0 atom stereocenters. The van der Waals surface area contributed by atoms with Crippen molar-refractivity contribution in [3.63, 3.8) is 0 Å². The summed E-state index contributed by atoms with van der Waals surface area (Å²) in [4.78, 5) is 22.8. The van der Waals surface area contributed by atoms with E-state index in [1.54, 1.807) is 30.3 Å². The van der Waals surface area contributed by atoms with Crippen LogP contribution in [0.15, 0.2) is 59.1 Å². The van der Waals surface area contributed by atoms with Crippen LogP contribution in [0.25, 0.3) is 6.08 Å². The number of Topliss-reactive ketones (excluding diaryl/α,β-unsaturated/α-hetero) is 1. The highest BCUT2D eigenvalue weighted by atomic mass is 79.9. The van der Waals surface area contributed by atoms with Crippen LogP contribution in [0.2, 0.25) is 0 Å². The van der Waals surface area contributed by atoms with Gasteiger partial charge < -0.3 is 4.74 Å². The lowest BCUT2D eigenvalue weighted by Crippen LogP contribution is -2.03. The second-order valence-electron chi connectivity index (χ2n) is 4.39. The summed E-state index contributed by atoms with van der Waals surface area (Å²) in [6.07, 6.45) is 3.04. The minimum atomic E-state index is -0.464. The van der Waals surface area contributed by atoms with Crippen molar-refractivity contribution in [2.75, 3.05) is 0 Å². The number of ketones is 1. The molecule has 0 aliphatic carbocycles. The highest BCUT2D eigenvalue weighted by molar-refractivity contribution is 9.10. The number of esters is 1. The summed E-state index contributed by atoms with van der Waals surface area (Å²) in [5, 5.41) is 0. The van der Waals surface area contributed by atoms with Crippen molar-refractivity contribution in [2.45, 2.75) is 6.92 Å². The zero-order valence-electron chi connectivity index (χ0n) is 11.4. The Kier molecular flexibility index (Phi) is 5.06. The first-order chi connectivity index (χ1) is 10.0. The van der Waals surface area contributed by atoms with Crippen molar-refractivity contribution in [3.8, 4) is 5.75 Å². The molecule has 0 N–H and O–H groups in total. The molecule has 0 amide bonds. The molecule has 21 heavy (non-hydrogen) atoms. The van der Waals surface area contributed by atoms with E-state index in [1.807, 2.05) is 24.3 Å². The highest BCUT2D eigenvalue weighted by Gasteiger charge is 2.02. The molecule has 2 rings (SSSR count). The van der Waals surface area contributed by atoms with Crippen LogP contribution in [0.5, 0.6) is 5.75 Å². The number of rotatable bonds is 4. The molecule has 2 aromatic rings. The Morgan fingerprint density at radius 3 is 2.19 bits per heavy atom. The van der Waals surface area contributed by atoms with Gasteiger partial charge >= 0.3 is 5.97 Å². The maximum absolute atomic E-state index is 11.7. The zero-order chi connectivity index (χ0) is 15.2. The third-order valence-electron chi connectivity index (χ3n) is 2.76. The molecule has 0 fully saturated rings. The average Bonchev–Trinajstić information content (AvgIpc) is 2.47. The van der Waals surface area contributed by atoms with Gasteiger partial charge in [-0.25, -0.2) is 4.79 Å². The molecule has 106 valence electrons. The van der Waals surface area contributed by atoms with E-state index in [2.05, 4.69) is 15.9 Å². The summed E-state index contributed by atoms with van der Waals surface area (Å²) in [6.45, 7) is 1.49. The van der Waals surface area contributed by atoms with E-state index in [9.17, 15) is 9.59 Å². The van der Waals surface area contributed by atoms with Crippen molar-refractivity contribution >= 4 is 33.8 Å². The first-order valence-corrected chi connectivity index (χ1v) is 7.10. The van der Waals surface area contributed by atoms with Crippen LogP contribution in [-0.4, -0.2) is 11.8 Å². The summed E-state index contributed by atoms with van der Waals surface area (Å²) < 4.78 is 6.13. The Balaban J connectivity index is 1.98. The largest absolute Gasteiger partial charge is 0.423 e. The fourth-order valence-electron chi connectivity index (χ4n) is 1.65. The van der Waals surface area contributed by atoms with Gasteiger partial charge in [-0.2, -0.15) is 0 Å². The molecule has 0 aliphatic rings. The summed E-state index contributed by atoms with van der Waals surface area (Å²) in [5.74, 6) is -0.0815. The van der Waals surface area contributed by atoms with Crippen LogP contribution in [0.4, 0.5) is 0 Å². The molecule has 0 aliphatic heterocycles. The summed E-state index contributed by atoms with van der Waals surface area (Å²) in [6, 6.07) is 14.0. The first-order valence-electron chi connectivity index (χ1n) is 6.31. The van der Waals surface area contributed by atoms with Crippen LogP contribution in [0.3, 0.4) is 0 Å². The zero-order valence-corrected chi connectivity index (χ0v) is 13.0. The van der Waals surface area contributed by atoms with Gasteiger partial charge in [-0.05, 0) is 55.0 Å². The topological polar surface area (TPSA) is 43.4 Å². The van der Waals surface area contributed by atoms with Crippen LogP contribution in [-0.2, 0) is 4.79 Å². The third kappa shape index (κ3) is 4.68. The Hall–Kier alpha value is -2.20. The van der Waals surface area contributed by atoms with E-state index in [0.29, 0.717) is 11.3 Å². The minimum Gasteiger partial charge on any atom is -0.423 e. The van der Waals surface area contributed by atoms with Gasteiger partial charge in [0.05, 0.1) is 0 Å². The number of carbonyl (C=O) groups is 2. The molecule has 0 saturated carbocycles. The van der Waals surface area contributed by atoms with Crippen molar-refractivity contribution in [1.82, 2.24) is 0 Å². The highest BCUT2D eigenvalue weighted by Crippen LogP contribution is 2.14. The fourth-order valence-corrected chi connectivity index (χ4v) is 1.91. The van der Waals surface area contributed by atoms with Gasteiger partial charge in [0.2, 0.25) is 0 Å². The first kappa shape index (κ1) is 15.2. The van der Waals surface area contributed by atoms with Crippen LogP contribution in [0.1, 0.15) is 22.8 Å². The van der Waals surface area contributed by atoms with Crippen molar-refractivity contribution in [1.29, 1.82) is 0 Å². The van der Waals surface area contributed by atoms with E-state index in [1.165, 1.54) is 13.0 Å². The fraction of sp³-hybridized carbons (Fsp3) is 0.0588. The van der Waals surface area contributed by atoms with Crippen molar-refractivity contribution in [2.24, 2.45) is 0 Å². The molecule has 2 aromatic carbocycles. The van der Waals surface area contributed by atoms with Crippen molar-refractivity contribution < 1.29 is 14.3 Å². The Morgan fingerprint density at radius 1 is 1.00 bits per heavy atom. The number of ether oxygens (including phenoxy) is 1. The molecule has 3 nitrogen and oxygen atoms in total. The van der Waals surface area contributed by atoms with Gasteiger partial charge in [0.1, 0.15) is 5.75 Å². The van der Waals surface area contributed by atoms with Gasteiger partial charge in [-0.15, -0.1) is 0 Å². The maximum atomic E-state index is 11.7. The van der Waals surface area contributed by atoms with Crippen LogP contribution >= 0.6 is 15.9 Å². The molecular weight excluding hydrogens is 332 g/mol. The molecule has 0 spiro atoms. The molecule has 0 aromatic heterocycles. The molecule has 0 saturated heterocycles. The van der Waals surface area contributed by atoms with Crippen LogP contribution < -0.4 is 4.74 Å². The van der Waals surface area contributed by atoms with E-state index >= 15 is 0 Å². The van der Waals surface area contributed by atoms with E-state index in [-0.39, 0.29) is 5.78 Å². The van der Waals surface area contributed by atoms with E-state index < -0.39 is 5.97 Å². The Morgan fingerprint density at radius 2 is 1.62 bits per heavy atom. The third-order valence-corrected chi connectivity index (χ3v) is 3.29. The Bertz CT molecular complexity index is 670. The predicted octanol–water partition coefficient (Wildman–Crippen LogP) is 4.27. The predicted molar refractivity (Wildman–Crippen MR) is 85.3 cm³/mol. The second kappa shape index (κ2) is 6.99. The molecule has 4 heteroatoms. The molecule has 0 bridgehead atoms. The molecule has 0 radical (unpaired) electrons. The van der Waals surface area contributed by atoms with Gasteiger partial charge in [0.25, 0.3) is 0 Å². The van der Waals surface area contributed by atoms with E-state index in [4.69, 9.17) is 4.74 Å². The van der Waals surface area contributed by atoms with Crippen LogP contribution in [0, 0.1) is 0 Å². The molecule has 0 heterocycles. The lowest BCUT2D eigenvalue weighted by molar-refractivity contribution is -0.128. The SMILES string of the molecule is CC(=O)c1ccc(OC(=O)/C=C/c2ccc(Br)cc2)cc1. The molecule has 0 unspecified atom stereocenters. The average molecular weight is 345 g/mol. The van der Waals surface area contributed by atoms with Gasteiger partial charge in [0, 0.05) is 16.1 Å². The van der Waals surface area contributed by atoms with Gasteiger partial charge in [0.15, 0.2) is 5.78 Å². The number of hydrogen-bond donors (Lipinski definition) is 0. The second-order valence-corrected chi connectivity index (χ2v) is 5.30. The summed E-state index contributed by atoms with van der Waals surface area (Å²) in [5.41, 5.74) is 1.49. The van der Waals surface area contributed by atoms with Gasteiger partial charge in [-0.3, -0.25) is 4.79 Å². The van der Waals surface area contributed by atoms with Crippen molar-refractivity contribution in [3.05, 3.63) is 70.2 Å². The normalized spacial score (nSPS) is 10.6. The Labute approximate surface area is 131 Å². The lowest BCUT2D eigenvalue weighted by atomic mass is 10.1. The minimum absolute atomic E-state index is 0.0250. The number of benzene rings is 2. The smallest absolute Gasteiger partial charge is 0.336 e. The number of halogens is 1. The number of carbonyl (C=O) groups excluding carboxylic acids is 2. The lowest BCUT2D eigenvalue weighted by Gasteiger charge is -2.02. The van der Waals surface area contributed by atoms with Gasteiger partial charge in [-0.1, -0.05) is 28.1 Å². The maximum Gasteiger partial charge on any atom is 0.336 e. The van der Waals surface area contributed by atoms with E-state index in [0.717, 1.165) is 10.0 Å². The summed E-state index contributed by atoms with van der Waals surface area (Å²) in [7, 11) is 0. The standard InChI is InChI=1S/C17H13BrO3/c1-12(19)14-5-9-16(10-6-14)21-17(20)11-4-13-2-7-15(18)8-3-13/h2-11H,1H3/b11-4+. The monoisotopic (exact) mass is 344 g/mol.